The van der Waals surface area contributed by atoms with Gasteiger partial charge in [0.05, 0.1) is 10.5 Å². The molecule has 0 unspecified atom stereocenters. The van der Waals surface area contributed by atoms with Crippen molar-refractivity contribution in [1.82, 2.24) is 0 Å². The van der Waals surface area contributed by atoms with Gasteiger partial charge in [0, 0.05) is 12.5 Å². The molecule has 0 N–H and O–H groups in total. The molecule has 0 spiro atoms. The van der Waals surface area contributed by atoms with Gasteiger partial charge in [-0.15, -0.1) is 0 Å². The molecule has 0 aliphatic rings. The maximum atomic E-state index is 12.2. The first-order valence-corrected chi connectivity index (χ1v) is 5.90. The minimum Gasteiger partial charge on any atom is -0.294 e. The van der Waals surface area contributed by atoms with E-state index in [0.717, 1.165) is 11.1 Å². The van der Waals surface area contributed by atoms with Crippen LogP contribution in [0.5, 0.6) is 0 Å². The summed E-state index contributed by atoms with van der Waals surface area (Å²) >= 11 is 0. The van der Waals surface area contributed by atoms with E-state index in [1.54, 1.807) is 12.1 Å². The van der Waals surface area contributed by atoms with Gasteiger partial charge in [-0.2, -0.15) is 0 Å². The van der Waals surface area contributed by atoms with Crippen molar-refractivity contribution >= 4 is 11.5 Å². The van der Waals surface area contributed by atoms with Crippen LogP contribution in [0.15, 0.2) is 48.5 Å². The second-order valence-electron chi connectivity index (χ2n) is 4.36. The molecule has 19 heavy (non-hydrogen) atoms. The Labute approximate surface area is 110 Å². The van der Waals surface area contributed by atoms with Gasteiger partial charge in [-0.25, -0.2) is 0 Å². The number of nitro groups is 1. The molecule has 4 nitrogen and oxygen atoms in total. The van der Waals surface area contributed by atoms with Crippen LogP contribution in [0.3, 0.4) is 0 Å². The molecule has 0 amide bonds. The summed E-state index contributed by atoms with van der Waals surface area (Å²) in [5.41, 5.74) is 1.73. The minimum absolute atomic E-state index is 0.133. The smallest absolute Gasteiger partial charge is 0.280 e. The topological polar surface area (TPSA) is 60.2 Å². The standard InChI is InChI=1S/C15H13NO3/c1-11-7-8-14(16(18)19)13(9-11)15(17)10-12-5-3-2-4-6-12/h2-9H,10H2,1H3. The Hall–Kier alpha value is -2.49. The molecule has 0 bridgehead atoms. The highest BCUT2D eigenvalue weighted by molar-refractivity contribution is 6.01. The van der Waals surface area contributed by atoms with Gasteiger partial charge in [-0.1, -0.05) is 36.4 Å². The van der Waals surface area contributed by atoms with Crippen molar-refractivity contribution in [2.24, 2.45) is 0 Å². The molecule has 0 aliphatic carbocycles. The molecule has 96 valence electrons. The summed E-state index contributed by atoms with van der Waals surface area (Å²) in [6.07, 6.45) is 0.172. The molecule has 2 aromatic carbocycles. The number of rotatable bonds is 4. The lowest BCUT2D eigenvalue weighted by atomic mass is 10.00. The van der Waals surface area contributed by atoms with E-state index in [-0.39, 0.29) is 23.5 Å². The predicted molar refractivity (Wildman–Crippen MR) is 72.3 cm³/mol. The molecule has 2 aromatic rings. The first kappa shape index (κ1) is 13.0. The van der Waals surface area contributed by atoms with Gasteiger partial charge < -0.3 is 0 Å². The van der Waals surface area contributed by atoms with E-state index in [9.17, 15) is 14.9 Å². The van der Waals surface area contributed by atoms with Gasteiger partial charge in [0.1, 0.15) is 0 Å². The summed E-state index contributed by atoms with van der Waals surface area (Å²) in [7, 11) is 0. The number of carbonyl (C=O) groups is 1. The average molecular weight is 255 g/mol. The summed E-state index contributed by atoms with van der Waals surface area (Å²) in [4.78, 5) is 22.6. The van der Waals surface area contributed by atoms with Crippen LogP contribution < -0.4 is 0 Å². The van der Waals surface area contributed by atoms with Gasteiger partial charge >= 0.3 is 0 Å². The zero-order chi connectivity index (χ0) is 13.8. The van der Waals surface area contributed by atoms with Crippen LogP contribution in [-0.2, 0) is 6.42 Å². The second-order valence-corrected chi connectivity index (χ2v) is 4.36. The Morgan fingerprint density at radius 2 is 1.84 bits per heavy atom. The van der Waals surface area contributed by atoms with E-state index < -0.39 is 4.92 Å². The zero-order valence-corrected chi connectivity index (χ0v) is 10.5. The SMILES string of the molecule is Cc1ccc([N+](=O)[O-])c(C(=O)Cc2ccccc2)c1. The number of benzene rings is 2. The molecule has 0 atom stereocenters. The molecule has 2 rings (SSSR count). The number of aryl methyl sites for hydroxylation is 1. The maximum absolute atomic E-state index is 12.2. The van der Waals surface area contributed by atoms with Crippen molar-refractivity contribution in [1.29, 1.82) is 0 Å². The van der Waals surface area contributed by atoms with Crippen molar-refractivity contribution in [3.63, 3.8) is 0 Å². The molecular weight excluding hydrogens is 242 g/mol. The summed E-state index contributed by atoms with van der Waals surface area (Å²) in [6.45, 7) is 1.81. The average Bonchev–Trinajstić information content (AvgIpc) is 2.39. The minimum atomic E-state index is -0.516. The Morgan fingerprint density at radius 1 is 1.16 bits per heavy atom. The number of nitrogens with zero attached hydrogens (tertiary/aromatic N) is 1. The third-order valence-electron chi connectivity index (χ3n) is 2.86. The van der Waals surface area contributed by atoms with Crippen LogP contribution >= 0.6 is 0 Å². The van der Waals surface area contributed by atoms with Gasteiger partial charge in [0.2, 0.25) is 0 Å². The largest absolute Gasteiger partial charge is 0.294 e. The second kappa shape index (κ2) is 5.44. The van der Waals surface area contributed by atoms with Crippen LogP contribution in [0.1, 0.15) is 21.5 Å². The highest BCUT2D eigenvalue weighted by atomic mass is 16.6. The molecule has 0 saturated heterocycles. The number of hydrogen-bond donors (Lipinski definition) is 0. The van der Waals surface area contributed by atoms with Crippen molar-refractivity contribution < 1.29 is 9.72 Å². The molecule has 4 heteroatoms. The third kappa shape index (κ3) is 3.04. The maximum Gasteiger partial charge on any atom is 0.280 e. The Balaban J connectivity index is 2.33. The van der Waals surface area contributed by atoms with Gasteiger partial charge in [0.15, 0.2) is 5.78 Å². The van der Waals surface area contributed by atoms with Crippen LogP contribution in [-0.4, -0.2) is 10.7 Å². The van der Waals surface area contributed by atoms with E-state index in [4.69, 9.17) is 0 Å². The quantitative estimate of drug-likeness (QED) is 0.478. The summed E-state index contributed by atoms with van der Waals surface area (Å²) in [5.74, 6) is -0.235. The number of Topliss-reactive ketones (excluding diaryl/α,β-unsaturated/α-hetero) is 1. The van der Waals surface area contributed by atoms with Gasteiger partial charge in [-0.3, -0.25) is 14.9 Å². The highest BCUT2D eigenvalue weighted by Gasteiger charge is 2.19. The van der Waals surface area contributed by atoms with Crippen LogP contribution in [0.4, 0.5) is 5.69 Å². The lowest BCUT2D eigenvalue weighted by Gasteiger charge is -2.04. The zero-order valence-electron chi connectivity index (χ0n) is 10.5. The summed E-state index contributed by atoms with van der Waals surface area (Å²) in [5, 5.41) is 10.9. The van der Waals surface area contributed by atoms with E-state index in [2.05, 4.69) is 0 Å². The lowest BCUT2D eigenvalue weighted by Crippen LogP contribution is -2.07. The van der Waals surface area contributed by atoms with E-state index >= 15 is 0 Å². The first-order chi connectivity index (χ1) is 9.08. The van der Waals surface area contributed by atoms with Crippen molar-refractivity contribution in [2.45, 2.75) is 13.3 Å². The number of carbonyl (C=O) groups excluding carboxylic acids is 1. The van der Waals surface area contributed by atoms with Gasteiger partial charge in [0.25, 0.3) is 5.69 Å². The normalized spacial score (nSPS) is 10.2. The van der Waals surface area contributed by atoms with E-state index in [0.29, 0.717) is 0 Å². The Morgan fingerprint density at radius 3 is 2.47 bits per heavy atom. The summed E-state index contributed by atoms with van der Waals surface area (Å²) in [6, 6.07) is 13.8. The number of hydrogen-bond acceptors (Lipinski definition) is 3. The summed E-state index contributed by atoms with van der Waals surface area (Å²) < 4.78 is 0. The third-order valence-corrected chi connectivity index (χ3v) is 2.86. The Bertz CT molecular complexity index is 621. The molecular formula is C15H13NO3. The molecule has 0 fully saturated rings. The fourth-order valence-electron chi connectivity index (χ4n) is 1.91. The molecule has 0 aromatic heterocycles. The van der Waals surface area contributed by atoms with E-state index in [1.807, 2.05) is 37.3 Å². The molecule has 0 radical (unpaired) electrons. The highest BCUT2D eigenvalue weighted by Crippen LogP contribution is 2.21. The van der Waals surface area contributed by atoms with Crippen molar-refractivity contribution in [2.75, 3.05) is 0 Å². The van der Waals surface area contributed by atoms with Crippen LogP contribution in [0.2, 0.25) is 0 Å². The molecule has 0 heterocycles. The number of nitro benzene ring substituents is 1. The monoisotopic (exact) mass is 255 g/mol. The molecule has 0 saturated carbocycles. The Kier molecular flexibility index (Phi) is 3.71. The van der Waals surface area contributed by atoms with Crippen molar-refractivity contribution in [3.05, 3.63) is 75.3 Å². The molecule has 0 aliphatic heterocycles. The van der Waals surface area contributed by atoms with Crippen molar-refractivity contribution in [3.8, 4) is 0 Å². The van der Waals surface area contributed by atoms with E-state index in [1.165, 1.54) is 6.07 Å². The van der Waals surface area contributed by atoms with Gasteiger partial charge in [-0.05, 0) is 24.1 Å². The first-order valence-electron chi connectivity index (χ1n) is 5.90. The predicted octanol–water partition coefficient (Wildman–Crippen LogP) is 3.33. The lowest BCUT2D eigenvalue weighted by molar-refractivity contribution is -0.385. The van der Waals surface area contributed by atoms with Crippen LogP contribution in [0.25, 0.3) is 0 Å². The fraction of sp³-hybridized carbons (Fsp3) is 0.133. The fourth-order valence-corrected chi connectivity index (χ4v) is 1.91. The van der Waals surface area contributed by atoms with Crippen LogP contribution in [0, 0.1) is 17.0 Å². The number of ketones is 1.